The molecule has 1 aromatic heterocycles. The number of nitrogens with one attached hydrogen (secondary N) is 1. The Morgan fingerprint density at radius 2 is 1.74 bits per heavy atom. The van der Waals surface area contributed by atoms with Crippen LogP contribution in [0.15, 0.2) is 24.3 Å². The number of carbonyl (C=O) groups is 1. The quantitative estimate of drug-likeness (QED) is 0.514. The van der Waals surface area contributed by atoms with Gasteiger partial charge in [0.1, 0.15) is 17.3 Å². The van der Waals surface area contributed by atoms with Gasteiger partial charge >= 0.3 is 6.18 Å². The van der Waals surface area contributed by atoms with Crippen LogP contribution in [0.25, 0.3) is 0 Å². The van der Waals surface area contributed by atoms with Gasteiger partial charge in [-0.3, -0.25) is 4.79 Å². The molecular weight excluding hydrogens is 499 g/mol. The van der Waals surface area contributed by atoms with Crippen LogP contribution in [-0.4, -0.2) is 65.3 Å². The van der Waals surface area contributed by atoms with E-state index in [1.54, 1.807) is 17.9 Å². The fraction of sp³-hybridized carbons (Fsp3) is 0.593. The summed E-state index contributed by atoms with van der Waals surface area (Å²) in [5.74, 6) is 0.931. The van der Waals surface area contributed by atoms with Crippen molar-refractivity contribution in [3.8, 4) is 0 Å². The van der Waals surface area contributed by atoms with E-state index < -0.39 is 11.7 Å². The van der Waals surface area contributed by atoms with Gasteiger partial charge in [-0.2, -0.15) is 13.2 Å². The molecule has 0 atom stereocenters. The van der Waals surface area contributed by atoms with E-state index in [-0.39, 0.29) is 23.6 Å². The molecule has 0 unspecified atom stereocenters. The van der Waals surface area contributed by atoms with Crippen molar-refractivity contribution < 1.29 is 27.8 Å². The van der Waals surface area contributed by atoms with Crippen molar-refractivity contribution in [3.63, 3.8) is 0 Å². The highest BCUT2D eigenvalue weighted by molar-refractivity contribution is 5.95. The van der Waals surface area contributed by atoms with E-state index in [9.17, 15) is 18.0 Å². The number of rotatable bonds is 4. The maximum atomic E-state index is 13.1. The zero-order valence-electron chi connectivity index (χ0n) is 22.1. The van der Waals surface area contributed by atoms with Crippen molar-refractivity contribution in [3.05, 3.63) is 46.9 Å². The summed E-state index contributed by atoms with van der Waals surface area (Å²) in [7, 11) is 1.00. The minimum Gasteiger partial charge on any atom is -0.400 e. The Balaban J connectivity index is 0.000000434. The molecular formula is C27H38F3N5O3. The smallest absolute Gasteiger partial charge is 0.400 e. The summed E-state index contributed by atoms with van der Waals surface area (Å²) in [4.78, 5) is 23.9. The second-order valence-corrected chi connectivity index (χ2v) is 9.68. The molecule has 8 nitrogen and oxygen atoms in total. The number of nitrogens with zero attached hydrogens (tertiary/aromatic N) is 3. The normalized spacial score (nSPS) is 18.0. The van der Waals surface area contributed by atoms with Gasteiger partial charge in [0, 0.05) is 56.6 Å². The number of aromatic nitrogens is 2. The van der Waals surface area contributed by atoms with E-state index in [1.165, 1.54) is 25.3 Å². The lowest BCUT2D eigenvalue weighted by atomic mass is 10.1. The number of halogens is 3. The number of benzene rings is 1. The largest absolute Gasteiger partial charge is 0.416 e. The highest BCUT2D eigenvalue weighted by atomic mass is 19.4. The van der Waals surface area contributed by atoms with Crippen LogP contribution in [0, 0.1) is 6.92 Å². The second-order valence-electron chi connectivity index (χ2n) is 9.68. The number of aliphatic hydroxyl groups is 1. The number of hydrogen-bond acceptors (Lipinski definition) is 7. The summed E-state index contributed by atoms with van der Waals surface area (Å²) < 4.78 is 44.2. The highest BCUT2D eigenvalue weighted by Crippen LogP contribution is 2.39. The maximum absolute atomic E-state index is 13.1. The van der Waals surface area contributed by atoms with Crippen molar-refractivity contribution in [1.29, 1.82) is 0 Å². The number of aliphatic hydroxyl groups excluding tert-OH is 1. The van der Waals surface area contributed by atoms with Crippen LogP contribution in [-0.2, 0) is 10.9 Å². The van der Waals surface area contributed by atoms with E-state index in [0.29, 0.717) is 36.0 Å². The van der Waals surface area contributed by atoms with Gasteiger partial charge in [0.2, 0.25) is 0 Å². The van der Waals surface area contributed by atoms with E-state index in [2.05, 4.69) is 15.3 Å². The number of hydrogen-bond donors (Lipinski definition) is 3. The Labute approximate surface area is 221 Å². The fourth-order valence-corrected chi connectivity index (χ4v) is 4.24. The third kappa shape index (κ3) is 8.37. The summed E-state index contributed by atoms with van der Waals surface area (Å²) in [5.41, 5.74) is 6.28. The Kier molecular flexibility index (Phi) is 10.9. The van der Waals surface area contributed by atoms with Crippen LogP contribution in [0.1, 0.15) is 78.3 Å². The van der Waals surface area contributed by atoms with E-state index >= 15 is 0 Å². The number of likely N-dealkylation sites (tertiary alicyclic amines) is 1. The number of carbonyl (C=O) groups excluding carboxylic acids is 1. The first kappa shape index (κ1) is 29.8. The summed E-state index contributed by atoms with van der Waals surface area (Å²) in [6, 6.07) is 5.03. The molecule has 1 aliphatic carbocycles. The maximum Gasteiger partial charge on any atom is 0.416 e. The molecule has 210 valence electrons. The summed E-state index contributed by atoms with van der Waals surface area (Å²) in [6.07, 6.45) is 2.85. The Bertz CT molecular complexity index is 1040. The van der Waals surface area contributed by atoms with Crippen LogP contribution < -0.4 is 11.1 Å². The van der Waals surface area contributed by atoms with Gasteiger partial charge in [-0.05, 0) is 70.1 Å². The first-order valence-electron chi connectivity index (χ1n) is 13.1. The standard InChI is InChI=1S/C21H24F3N5O.C5H10O.CH4O/c1-12-17(20(30)29-9-7-15(25)8-10-29)27-19(13-5-6-13)28-18(12)26-16-4-2-3-14(11-16)21(22,23)24;1-2-4-6-5-3-1;1-2/h2-4,11,13,15H,5-10,25H2,1H3,(H,26,27,28);1-5H2;2H,1H3. The number of piperidine rings is 1. The summed E-state index contributed by atoms with van der Waals surface area (Å²) >= 11 is 0. The van der Waals surface area contributed by atoms with Crippen LogP contribution in [0.3, 0.4) is 0 Å². The van der Waals surface area contributed by atoms with Crippen LogP contribution in [0.4, 0.5) is 24.7 Å². The molecule has 1 aromatic carbocycles. The average Bonchev–Trinajstić information content (AvgIpc) is 3.78. The molecule has 4 N–H and O–H groups in total. The monoisotopic (exact) mass is 537 g/mol. The average molecular weight is 538 g/mol. The number of alkyl halides is 3. The number of anilines is 2. The predicted octanol–water partition coefficient (Wildman–Crippen LogP) is 4.78. The lowest BCUT2D eigenvalue weighted by Gasteiger charge is -2.30. The molecule has 3 fully saturated rings. The molecule has 2 saturated heterocycles. The molecule has 1 amide bonds. The zero-order chi connectivity index (χ0) is 27.7. The summed E-state index contributed by atoms with van der Waals surface area (Å²) in [6.45, 7) is 4.85. The first-order chi connectivity index (χ1) is 18.2. The van der Waals surface area contributed by atoms with Crippen molar-refractivity contribution in [2.24, 2.45) is 5.73 Å². The van der Waals surface area contributed by atoms with Crippen LogP contribution in [0.2, 0.25) is 0 Å². The predicted molar refractivity (Wildman–Crippen MR) is 139 cm³/mol. The minimum atomic E-state index is -4.44. The molecule has 1 saturated carbocycles. The number of amides is 1. The molecule has 2 aliphatic heterocycles. The SMILES string of the molecule is C1CCOCC1.CO.Cc1c(Nc2cccc(C(F)(F)F)c2)nc(C2CC2)nc1C(=O)N1CCC(N)CC1. The van der Waals surface area contributed by atoms with Crippen molar-refractivity contribution in [2.75, 3.05) is 38.7 Å². The molecule has 11 heteroatoms. The van der Waals surface area contributed by atoms with E-state index in [0.717, 1.165) is 58.1 Å². The van der Waals surface area contributed by atoms with Gasteiger partial charge < -0.3 is 25.8 Å². The highest BCUT2D eigenvalue weighted by Gasteiger charge is 2.32. The molecule has 0 spiro atoms. The fourth-order valence-electron chi connectivity index (χ4n) is 4.24. The van der Waals surface area contributed by atoms with Crippen molar-refractivity contribution in [2.45, 2.75) is 70.0 Å². The molecule has 3 aliphatic rings. The van der Waals surface area contributed by atoms with E-state index in [1.807, 2.05) is 0 Å². The van der Waals surface area contributed by atoms with Crippen molar-refractivity contribution >= 4 is 17.4 Å². The van der Waals surface area contributed by atoms with Gasteiger partial charge in [0.05, 0.1) is 5.56 Å². The zero-order valence-corrected chi connectivity index (χ0v) is 22.1. The topological polar surface area (TPSA) is 114 Å². The van der Waals surface area contributed by atoms with Gasteiger partial charge in [-0.15, -0.1) is 0 Å². The Morgan fingerprint density at radius 3 is 2.26 bits per heavy atom. The van der Waals surface area contributed by atoms with Gasteiger partial charge in [-0.25, -0.2) is 9.97 Å². The Hall–Kier alpha value is -2.76. The molecule has 5 rings (SSSR count). The second kappa shape index (κ2) is 13.9. The first-order valence-corrected chi connectivity index (χ1v) is 13.1. The number of nitrogens with two attached hydrogens (primary N) is 1. The van der Waals surface area contributed by atoms with Gasteiger partial charge in [0.15, 0.2) is 0 Å². The lowest BCUT2D eigenvalue weighted by Crippen LogP contribution is -2.43. The van der Waals surface area contributed by atoms with Gasteiger partial charge in [0.25, 0.3) is 5.91 Å². The van der Waals surface area contributed by atoms with Crippen LogP contribution in [0.5, 0.6) is 0 Å². The molecule has 3 heterocycles. The van der Waals surface area contributed by atoms with E-state index in [4.69, 9.17) is 15.6 Å². The number of ether oxygens (including phenoxy) is 1. The minimum absolute atomic E-state index is 0.0979. The molecule has 2 aromatic rings. The lowest BCUT2D eigenvalue weighted by molar-refractivity contribution is -0.137. The Morgan fingerprint density at radius 1 is 1.08 bits per heavy atom. The van der Waals surface area contributed by atoms with Gasteiger partial charge in [-0.1, -0.05) is 6.07 Å². The molecule has 0 radical (unpaired) electrons. The van der Waals surface area contributed by atoms with Crippen LogP contribution >= 0.6 is 0 Å². The summed E-state index contributed by atoms with van der Waals surface area (Å²) in [5, 5.41) is 9.97. The molecule has 0 bridgehead atoms. The third-order valence-corrected chi connectivity index (χ3v) is 6.67. The third-order valence-electron chi connectivity index (χ3n) is 6.67. The molecule has 38 heavy (non-hydrogen) atoms. The van der Waals surface area contributed by atoms with Crippen molar-refractivity contribution in [1.82, 2.24) is 14.9 Å².